The zero-order valence-electron chi connectivity index (χ0n) is 9.25. The van der Waals surface area contributed by atoms with Crippen LogP contribution in [-0.4, -0.2) is 35.7 Å². The van der Waals surface area contributed by atoms with E-state index in [4.69, 9.17) is 5.11 Å². The molecule has 1 aliphatic carbocycles. The molecule has 0 aromatic carbocycles. The lowest BCUT2D eigenvalue weighted by Crippen LogP contribution is -2.69. The SMILES string of the molecule is CCCC1CC1NC1(CC(=O)O)CNC1. The molecule has 1 saturated heterocycles. The molecule has 15 heavy (non-hydrogen) atoms. The van der Waals surface area contributed by atoms with E-state index in [2.05, 4.69) is 17.6 Å². The summed E-state index contributed by atoms with van der Waals surface area (Å²) in [5, 5.41) is 15.5. The third-order valence-electron chi connectivity index (χ3n) is 3.49. The van der Waals surface area contributed by atoms with Crippen molar-refractivity contribution in [3.63, 3.8) is 0 Å². The van der Waals surface area contributed by atoms with Gasteiger partial charge in [-0.3, -0.25) is 4.79 Å². The minimum Gasteiger partial charge on any atom is -0.481 e. The van der Waals surface area contributed by atoms with Gasteiger partial charge in [0, 0.05) is 19.1 Å². The fraction of sp³-hybridized carbons (Fsp3) is 0.909. The number of rotatable bonds is 6. The summed E-state index contributed by atoms with van der Waals surface area (Å²) in [6.07, 6.45) is 3.98. The lowest BCUT2D eigenvalue weighted by atomic mass is 9.88. The summed E-state index contributed by atoms with van der Waals surface area (Å²) in [4.78, 5) is 10.7. The Balaban J connectivity index is 1.79. The Morgan fingerprint density at radius 3 is 2.80 bits per heavy atom. The third kappa shape index (κ3) is 2.49. The van der Waals surface area contributed by atoms with Gasteiger partial charge in [-0.05, 0) is 18.8 Å². The normalized spacial score (nSPS) is 32.1. The van der Waals surface area contributed by atoms with Gasteiger partial charge in [-0.15, -0.1) is 0 Å². The van der Waals surface area contributed by atoms with E-state index in [1.54, 1.807) is 0 Å². The highest BCUT2D eigenvalue weighted by Gasteiger charge is 2.46. The van der Waals surface area contributed by atoms with Gasteiger partial charge in [-0.2, -0.15) is 0 Å². The van der Waals surface area contributed by atoms with Crippen LogP contribution in [0, 0.1) is 5.92 Å². The number of carboxylic acids is 1. The maximum atomic E-state index is 10.7. The Labute approximate surface area is 90.4 Å². The van der Waals surface area contributed by atoms with Crippen molar-refractivity contribution in [1.82, 2.24) is 10.6 Å². The van der Waals surface area contributed by atoms with Crippen molar-refractivity contribution in [2.75, 3.05) is 13.1 Å². The quantitative estimate of drug-likeness (QED) is 0.603. The van der Waals surface area contributed by atoms with E-state index in [0.717, 1.165) is 19.0 Å². The predicted molar refractivity (Wildman–Crippen MR) is 57.8 cm³/mol. The van der Waals surface area contributed by atoms with Crippen molar-refractivity contribution >= 4 is 5.97 Å². The highest BCUT2D eigenvalue weighted by atomic mass is 16.4. The molecule has 4 heteroatoms. The number of hydrogen-bond donors (Lipinski definition) is 3. The lowest BCUT2D eigenvalue weighted by Gasteiger charge is -2.43. The van der Waals surface area contributed by atoms with Crippen LogP contribution in [0.4, 0.5) is 0 Å². The van der Waals surface area contributed by atoms with Crippen molar-refractivity contribution in [1.29, 1.82) is 0 Å². The summed E-state index contributed by atoms with van der Waals surface area (Å²) >= 11 is 0. The molecule has 2 unspecified atom stereocenters. The highest BCUT2D eigenvalue weighted by Crippen LogP contribution is 2.37. The Kier molecular flexibility index (Phi) is 2.98. The van der Waals surface area contributed by atoms with Gasteiger partial charge in [-0.1, -0.05) is 13.3 Å². The van der Waals surface area contributed by atoms with E-state index in [-0.39, 0.29) is 12.0 Å². The Bertz CT molecular complexity index is 251. The third-order valence-corrected chi connectivity index (χ3v) is 3.49. The molecule has 2 aliphatic rings. The molecular formula is C11H20N2O2. The van der Waals surface area contributed by atoms with Crippen molar-refractivity contribution in [2.24, 2.45) is 5.92 Å². The summed E-state index contributed by atoms with van der Waals surface area (Å²) in [6, 6.07) is 0.575. The molecule has 4 nitrogen and oxygen atoms in total. The highest BCUT2D eigenvalue weighted by molar-refractivity contribution is 5.68. The maximum Gasteiger partial charge on any atom is 0.305 e. The second-order valence-corrected chi connectivity index (χ2v) is 4.99. The Morgan fingerprint density at radius 1 is 1.60 bits per heavy atom. The standard InChI is InChI=1S/C11H20N2O2/c1-2-3-8-4-9(8)13-11(5-10(14)15)6-12-7-11/h8-9,12-13H,2-7H2,1H3,(H,14,15). The number of carbonyl (C=O) groups is 1. The van der Waals surface area contributed by atoms with Gasteiger partial charge >= 0.3 is 5.97 Å². The monoisotopic (exact) mass is 212 g/mol. The van der Waals surface area contributed by atoms with E-state index < -0.39 is 5.97 Å². The van der Waals surface area contributed by atoms with Crippen LogP contribution in [0.1, 0.15) is 32.6 Å². The van der Waals surface area contributed by atoms with E-state index in [9.17, 15) is 4.79 Å². The molecule has 86 valence electrons. The van der Waals surface area contributed by atoms with Crippen molar-refractivity contribution < 1.29 is 9.90 Å². The molecule has 0 bridgehead atoms. The molecule has 3 N–H and O–H groups in total. The Hall–Kier alpha value is -0.610. The fourth-order valence-corrected chi connectivity index (χ4v) is 2.50. The van der Waals surface area contributed by atoms with E-state index in [1.165, 1.54) is 19.3 Å². The van der Waals surface area contributed by atoms with E-state index in [0.29, 0.717) is 6.04 Å². The zero-order valence-corrected chi connectivity index (χ0v) is 9.25. The molecule has 0 radical (unpaired) electrons. The van der Waals surface area contributed by atoms with Crippen LogP contribution in [-0.2, 0) is 4.79 Å². The average molecular weight is 212 g/mol. The first-order valence-electron chi connectivity index (χ1n) is 5.85. The summed E-state index contributed by atoms with van der Waals surface area (Å²) in [5.41, 5.74) is -0.154. The average Bonchev–Trinajstić information content (AvgIpc) is 2.79. The van der Waals surface area contributed by atoms with Gasteiger partial charge < -0.3 is 15.7 Å². The number of hydrogen-bond acceptors (Lipinski definition) is 3. The molecule has 0 spiro atoms. The summed E-state index contributed by atoms with van der Waals surface area (Å²) in [7, 11) is 0. The molecular weight excluding hydrogens is 192 g/mol. The van der Waals surface area contributed by atoms with E-state index in [1.807, 2.05) is 0 Å². The van der Waals surface area contributed by atoms with Gasteiger partial charge in [0.25, 0.3) is 0 Å². The van der Waals surface area contributed by atoms with Crippen molar-refractivity contribution in [3.05, 3.63) is 0 Å². The van der Waals surface area contributed by atoms with Crippen LogP contribution in [0.5, 0.6) is 0 Å². The molecule has 1 heterocycles. The topological polar surface area (TPSA) is 61.4 Å². The van der Waals surface area contributed by atoms with Gasteiger partial charge in [0.05, 0.1) is 12.0 Å². The summed E-state index contributed by atoms with van der Waals surface area (Å²) in [6.45, 7) is 3.80. The molecule has 2 fully saturated rings. The number of nitrogens with one attached hydrogen (secondary N) is 2. The predicted octanol–water partition coefficient (Wildman–Crippen LogP) is 0.581. The Morgan fingerprint density at radius 2 is 2.33 bits per heavy atom. The largest absolute Gasteiger partial charge is 0.481 e. The van der Waals surface area contributed by atoms with Crippen LogP contribution in [0.15, 0.2) is 0 Å². The van der Waals surface area contributed by atoms with Gasteiger partial charge in [0.2, 0.25) is 0 Å². The number of carboxylic acid groups (broad SMARTS) is 1. The smallest absolute Gasteiger partial charge is 0.305 e. The molecule has 2 atom stereocenters. The minimum atomic E-state index is -0.698. The first kappa shape index (κ1) is 10.9. The molecule has 2 rings (SSSR count). The maximum absolute atomic E-state index is 10.7. The van der Waals surface area contributed by atoms with Gasteiger partial charge in [0.15, 0.2) is 0 Å². The molecule has 0 amide bonds. The van der Waals surface area contributed by atoms with Crippen LogP contribution >= 0.6 is 0 Å². The fourth-order valence-electron chi connectivity index (χ4n) is 2.50. The van der Waals surface area contributed by atoms with Gasteiger partial charge in [0.1, 0.15) is 0 Å². The summed E-state index contributed by atoms with van der Waals surface area (Å²) in [5.74, 6) is 0.0953. The molecule has 0 aromatic heterocycles. The second kappa shape index (κ2) is 4.10. The van der Waals surface area contributed by atoms with Crippen LogP contribution in [0.2, 0.25) is 0 Å². The first-order valence-corrected chi connectivity index (χ1v) is 5.85. The van der Waals surface area contributed by atoms with E-state index >= 15 is 0 Å². The molecule has 0 aromatic rings. The summed E-state index contributed by atoms with van der Waals surface area (Å²) < 4.78 is 0. The van der Waals surface area contributed by atoms with Crippen molar-refractivity contribution in [2.45, 2.75) is 44.2 Å². The second-order valence-electron chi connectivity index (χ2n) is 4.99. The number of aliphatic carboxylic acids is 1. The van der Waals surface area contributed by atoms with Gasteiger partial charge in [-0.25, -0.2) is 0 Å². The first-order chi connectivity index (χ1) is 7.15. The molecule has 1 aliphatic heterocycles. The van der Waals surface area contributed by atoms with Crippen LogP contribution in [0.3, 0.4) is 0 Å². The zero-order chi connectivity index (χ0) is 10.9. The minimum absolute atomic E-state index is 0.154. The van der Waals surface area contributed by atoms with Crippen molar-refractivity contribution in [3.8, 4) is 0 Å². The molecule has 1 saturated carbocycles. The lowest BCUT2D eigenvalue weighted by molar-refractivity contribution is -0.139. The van der Waals surface area contributed by atoms with Crippen LogP contribution < -0.4 is 10.6 Å². The van der Waals surface area contributed by atoms with Crippen LogP contribution in [0.25, 0.3) is 0 Å².